The van der Waals surface area contributed by atoms with Gasteiger partial charge in [0.05, 0.1) is 31.0 Å². The molecule has 1 atom stereocenters. The fourth-order valence-electron chi connectivity index (χ4n) is 4.13. The highest BCUT2D eigenvalue weighted by Gasteiger charge is 2.48. The number of aliphatic hydroxyl groups excluding tert-OH is 1. The number of rotatable bonds is 8. The van der Waals surface area contributed by atoms with E-state index in [4.69, 9.17) is 9.47 Å². The molecule has 0 radical (unpaired) electrons. The number of ether oxygens (including phenoxy) is 2. The Bertz CT molecular complexity index is 1360. The number of methoxy groups -OCH3 is 1. The summed E-state index contributed by atoms with van der Waals surface area (Å²) in [7, 11) is 1.27. The zero-order valence-electron chi connectivity index (χ0n) is 21.1. The number of nitrogens with zero attached hydrogens (tertiary/aromatic N) is 2. The smallest absolute Gasteiger partial charge is 0.350 e. The molecule has 1 aliphatic rings. The van der Waals surface area contributed by atoms with Crippen LogP contribution in [0, 0.1) is 6.92 Å². The Balaban J connectivity index is 1.85. The van der Waals surface area contributed by atoms with Crippen LogP contribution in [0.15, 0.2) is 54.1 Å². The molecule has 8 nitrogen and oxygen atoms in total. The summed E-state index contributed by atoms with van der Waals surface area (Å²) in [6.45, 7) is 6.23. The maximum atomic E-state index is 13.4. The maximum Gasteiger partial charge on any atom is 0.350 e. The number of benzene rings is 2. The Hall–Kier alpha value is -3.98. The molecular weight excluding hydrogens is 492 g/mol. The second-order valence-electron chi connectivity index (χ2n) is 8.54. The number of aryl methyl sites for hydroxylation is 2. The van der Waals surface area contributed by atoms with Gasteiger partial charge in [0.15, 0.2) is 5.13 Å². The molecule has 37 heavy (non-hydrogen) atoms. The number of anilines is 1. The minimum Gasteiger partial charge on any atom is -0.507 e. The Morgan fingerprint density at radius 1 is 1.08 bits per heavy atom. The third-order valence-corrected chi connectivity index (χ3v) is 7.25. The first-order chi connectivity index (χ1) is 17.8. The molecule has 1 saturated heterocycles. The first kappa shape index (κ1) is 26.1. The lowest BCUT2D eigenvalue weighted by molar-refractivity contribution is -0.132. The normalized spacial score (nSPS) is 16.8. The van der Waals surface area contributed by atoms with E-state index in [1.54, 1.807) is 31.2 Å². The number of amides is 1. The fraction of sp³-hybridized carbons (Fsp3) is 0.286. The average molecular weight is 521 g/mol. The van der Waals surface area contributed by atoms with E-state index in [1.807, 2.05) is 38.1 Å². The van der Waals surface area contributed by atoms with Crippen molar-refractivity contribution in [1.82, 2.24) is 4.98 Å². The quantitative estimate of drug-likeness (QED) is 0.188. The highest BCUT2D eigenvalue weighted by atomic mass is 32.1. The highest BCUT2D eigenvalue weighted by molar-refractivity contribution is 7.17. The molecule has 1 N–H and O–H groups in total. The molecule has 0 aliphatic carbocycles. The summed E-state index contributed by atoms with van der Waals surface area (Å²) in [5.74, 6) is -1.90. The van der Waals surface area contributed by atoms with Crippen LogP contribution in [-0.4, -0.2) is 41.5 Å². The van der Waals surface area contributed by atoms with Gasteiger partial charge in [0.25, 0.3) is 5.78 Å². The summed E-state index contributed by atoms with van der Waals surface area (Å²) < 4.78 is 10.4. The predicted octanol–water partition coefficient (Wildman–Crippen LogP) is 5.22. The van der Waals surface area contributed by atoms with Gasteiger partial charge in [-0.05, 0) is 55.2 Å². The summed E-state index contributed by atoms with van der Waals surface area (Å²) in [5.41, 5.74) is 2.43. The van der Waals surface area contributed by atoms with Gasteiger partial charge in [-0.25, -0.2) is 9.78 Å². The minimum atomic E-state index is -0.932. The molecule has 1 amide bonds. The number of carbonyl (C=O) groups excluding carboxylic acids is 3. The molecule has 3 aromatic rings. The third-order valence-electron chi connectivity index (χ3n) is 6.11. The lowest BCUT2D eigenvalue weighted by Gasteiger charge is -2.23. The summed E-state index contributed by atoms with van der Waals surface area (Å²) in [5, 5.41) is 11.5. The van der Waals surface area contributed by atoms with Crippen molar-refractivity contribution in [3.63, 3.8) is 0 Å². The molecule has 9 heteroatoms. The summed E-state index contributed by atoms with van der Waals surface area (Å²) in [6, 6.07) is 13.3. The zero-order chi connectivity index (χ0) is 26.7. The van der Waals surface area contributed by atoms with Gasteiger partial charge in [-0.1, -0.05) is 49.4 Å². The third kappa shape index (κ3) is 4.99. The number of carbonyl (C=O) groups is 3. The van der Waals surface area contributed by atoms with Crippen molar-refractivity contribution in [1.29, 1.82) is 0 Å². The average Bonchev–Trinajstić information content (AvgIpc) is 3.43. The first-order valence-corrected chi connectivity index (χ1v) is 12.8. The van der Waals surface area contributed by atoms with Crippen molar-refractivity contribution in [3.8, 4) is 5.75 Å². The van der Waals surface area contributed by atoms with Crippen LogP contribution in [0.5, 0.6) is 5.75 Å². The standard InChI is InChI=1S/C28H28N2O6S/c1-5-15-36-20-13-11-19(12-14-20)23(31)21-22(18-9-7-17(6-2)8-10-18)30(26(33)24(21)32)28-29-16(3)25(37-28)27(34)35-4/h7-14,22,31H,5-6,15H2,1-4H3/b23-21+. The molecule has 0 bridgehead atoms. The molecule has 2 aromatic carbocycles. The molecule has 2 heterocycles. The van der Waals surface area contributed by atoms with E-state index in [0.29, 0.717) is 29.2 Å². The van der Waals surface area contributed by atoms with E-state index in [9.17, 15) is 19.5 Å². The molecule has 1 aliphatic heterocycles. The van der Waals surface area contributed by atoms with Crippen LogP contribution in [0.3, 0.4) is 0 Å². The van der Waals surface area contributed by atoms with E-state index in [1.165, 1.54) is 12.0 Å². The van der Waals surface area contributed by atoms with Crippen LogP contribution in [0.4, 0.5) is 5.13 Å². The van der Waals surface area contributed by atoms with Crippen LogP contribution in [0.2, 0.25) is 0 Å². The van der Waals surface area contributed by atoms with Crippen molar-refractivity contribution < 1.29 is 29.0 Å². The Morgan fingerprint density at radius 2 is 1.76 bits per heavy atom. The summed E-state index contributed by atoms with van der Waals surface area (Å²) in [6.07, 6.45) is 1.68. The number of esters is 1. The van der Waals surface area contributed by atoms with Crippen molar-refractivity contribution >= 4 is 39.9 Å². The van der Waals surface area contributed by atoms with Gasteiger partial charge in [0.1, 0.15) is 16.4 Å². The van der Waals surface area contributed by atoms with Gasteiger partial charge in [0.2, 0.25) is 0 Å². The predicted molar refractivity (Wildman–Crippen MR) is 141 cm³/mol. The van der Waals surface area contributed by atoms with E-state index >= 15 is 0 Å². The monoisotopic (exact) mass is 520 g/mol. The largest absolute Gasteiger partial charge is 0.507 e. The molecular formula is C28H28N2O6S. The van der Waals surface area contributed by atoms with Crippen LogP contribution < -0.4 is 9.64 Å². The van der Waals surface area contributed by atoms with Crippen LogP contribution >= 0.6 is 11.3 Å². The van der Waals surface area contributed by atoms with Crippen LogP contribution in [0.25, 0.3) is 5.76 Å². The Labute approximate surface area is 219 Å². The molecule has 1 unspecified atom stereocenters. The maximum absolute atomic E-state index is 13.4. The van der Waals surface area contributed by atoms with Crippen molar-refractivity contribution in [2.75, 3.05) is 18.6 Å². The van der Waals surface area contributed by atoms with Gasteiger partial charge in [-0.15, -0.1) is 0 Å². The molecule has 0 saturated carbocycles. The number of aromatic nitrogens is 1. The number of ketones is 1. The molecule has 1 fully saturated rings. The van der Waals surface area contributed by atoms with Gasteiger partial charge in [-0.2, -0.15) is 0 Å². The van der Waals surface area contributed by atoms with E-state index < -0.39 is 23.7 Å². The van der Waals surface area contributed by atoms with E-state index in [0.717, 1.165) is 29.7 Å². The zero-order valence-corrected chi connectivity index (χ0v) is 21.9. The molecule has 192 valence electrons. The lowest BCUT2D eigenvalue weighted by atomic mass is 9.94. The number of thiazole rings is 1. The molecule has 4 rings (SSSR count). The minimum absolute atomic E-state index is 0.0519. The van der Waals surface area contributed by atoms with Crippen molar-refractivity contribution in [3.05, 3.63) is 81.4 Å². The highest BCUT2D eigenvalue weighted by Crippen LogP contribution is 2.44. The summed E-state index contributed by atoms with van der Waals surface area (Å²) in [4.78, 5) is 44.8. The first-order valence-electron chi connectivity index (χ1n) is 12.0. The van der Waals surface area contributed by atoms with Crippen molar-refractivity contribution in [2.45, 2.75) is 39.7 Å². The lowest BCUT2D eigenvalue weighted by Crippen LogP contribution is -2.29. The van der Waals surface area contributed by atoms with Gasteiger partial charge in [0, 0.05) is 5.56 Å². The number of aliphatic hydroxyl groups is 1. The van der Waals surface area contributed by atoms with Crippen molar-refractivity contribution in [2.24, 2.45) is 0 Å². The van der Waals surface area contributed by atoms with Crippen LogP contribution in [0.1, 0.15) is 58.4 Å². The fourth-order valence-corrected chi connectivity index (χ4v) is 5.14. The van der Waals surface area contributed by atoms with Crippen LogP contribution in [-0.2, 0) is 20.7 Å². The number of hydrogen-bond donors (Lipinski definition) is 1. The second-order valence-corrected chi connectivity index (χ2v) is 9.52. The molecule has 1 aromatic heterocycles. The van der Waals surface area contributed by atoms with E-state index in [2.05, 4.69) is 4.98 Å². The second kappa shape index (κ2) is 11.0. The van der Waals surface area contributed by atoms with Gasteiger partial charge < -0.3 is 14.6 Å². The molecule has 0 spiro atoms. The van der Waals surface area contributed by atoms with Gasteiger partial charge in [-0.3, -0.25) is 14.5 Å². The summed E-state index contributed by atoms with van der Waals surface area (Å²) >= 11 is 0.967. The Kier molecular flexibility index (Phi) is 7.73. The van der Waals surface area contributed by atoms with E-state index in [-0.39, 0.29) is 21.3 Å². The number of Topliss-reactive ketones (excluding diaryl/α,β-unsaturated/α-hetero) is 1. The van der Waals surface area contributed by atoms with Gasteiger partial charge >= 0.3 is 11.9 Å². The Morgan fingerprint density at radius 3 is 2.35 bits per heavy atom. The number of hydrogen-bond acceptors (Lipinski definition) is 8. The topological polar surface area (TPSA) is 106 Å². The SMILES string of the molecule is CCCOc1ccc(/C(O)=C2\C(=O)C(=O)N(c3nc(C)c(C(=O)OC)s3)C2c2ccc(CC)cc2)cc1.